The maximum atomic E-state index is 5.10. The summed E-state index contributed by atoms with van der Waals surface area (Å²) in [7, 11) is 0. The predicted octanol–water partition coefficient (Wildman–Crippen LogP) is 3.81. The van der Waals surface area contributed by atoms with E-state index in [-0.39, 0.29) is 0 Å². The summed E-state index contributed by atoms with van der Waals surface area (Å²) in [5.41, 5.74) is 5.48. The van der Waals surface area contributed by atoms with E-state index < -0.39 is 0 Å². The number of rotatable bonds is 7. The lowest BCUT2D eigenvalue weighted by molar-refractivity contribution is 0.243. The fraction of sp³-hybridized carbons (Fsp3) is 0.500. The zero-order valence-corrected chi connectivity index (χ0v) is 12.0. The maximum absolute atomic E-state index is 5.10. The van der Waals surface area contributed by atoms with Crippen molar-refractivity contribution in [2.24, 2.45) is 0 Å². The minimum atomic E-state index is 0.382. The number of aryl methyl sites for hydroxylation is 3. The molecular weight excluding hydrogens is 222 g/mol. The molecule has 1 unspecified atom stereocenters. The summed E-state index contributed by atoms with van der Waals surface area (Å²) in [4.78, 5) is 0. The van der Waals surface area contributed by atoms with Crippen LogP contribution in [0.4, 0.5) is 0 Å². The van der Waals surface area contributed by atoms with Crippen molar-refractivity contribution >= 4 is 0 Å². The van der Waals surface area contributed by atoms with Gasteiger partial charge in [0.05, 0.1) is 12.9 Å². The van der Waals surface area contributed by atoms with Gasteiger partial charge in [-0.3, -0.25) is 0 Å². The van der Waals surface area contributed by atoms with Crippen LogP contribution in [0.1, 0.15) is 41.6 Å². The molecule has 0 aliphatic heterocycles. The summed E-state index contributed by atoms with van der Waals surface area (Å²) in [6.45, 7) is 13.9. The number of nitrogens with one attached hydrogen (secondary N) is 1. The molecule has 18 heavy (non-hydrogen) atoms. The lowest BCUT2D eigenvalue weighted by atomic mass is 9.96. The molecule has 100 valence electrons. The van der Waals surface area contributed by atoms with Crippen molar-refractivity contribution in [3.8, 4) is 0 Å². The van der Waals surface area contributed by atoms with Crippen molar-refractivity contribution in [3.05, 3.63) is 47.2 Å². The van der Waals surface area contributed by atoms with E-state index in [1.165, 1.54) is 28.5 Å². The molecule has 1 N–H and O–H groups in total. The standard InChI is InChI=1S/C16H25NO/c1-6-18-9-7-8-17-15(5)16-11-13(3)12(2)10-14(16)4/h6,10-11,15,17H,1,7-9H2,2-5H3. The van der Waals surface area contributed by atoms with E-state index in [1.807, 2.05) is 0 Å². The van der Waals surface area contributed by atoms with E-state index in [0.29, 0.717) is 6.04 Å². The molecule has 0 aliphatic rings. The first-order chi connectivity index (χ1) is 8.56. The van der Waals surface area contributed by atoms with Crippen molar-refractivity contribution in [1.29, 1.82) is 0 Å². The molecule has 0 spiro atoms. The topological polar surface area (TPSA) is 21.3 Å². The van der Waals surface area contributed by atoms with Crippen molar-refractivity contribution in [3.63, 3.8) is 0 Å². The van der Waals surface area contributed by atoms with Crippen LogP contribution in [0.25, 0.3) is 0 Å². The highest BCUT2D eigenvalue weighted by molar-refractivity contribution is 5.37. The molecule has 0 aromatic heterocycles. The zero-order chi connectivity index (χ0) is 13.5. The largest absolute Gasteiger partial charge is 0.502 e. The molecule has 1 atom stereocenters. The molecule has 2 heteroatoms. The third-order valence-corrected chi connectivity index (χ3v) is 3.36. The molecule has 0 saturated heterocycles. The van der Waals surface area contributed by atoms with E-state index in [9.17, 15) is 0 Å². The van der Waals surface area contributed by atoms with Gasteiger partial charge in [0.25, 0.3) is 0 Å². The van der Waals surface area contributed by atoms with Crippen LogP contribution >= 0.6 is 0 Å². The van der Waals surface area contributed by atoms with E-state index in [0.717, 1.165) is 19.6 Å². The SMILES string of the molecule is C=COCCCNC(C)c1cc(C)c(C)cc1C. The van der Waals surface area contributed by atoms with Crippen LogP contribution in [0.15, 0.2) is 25.0 Å². The first-order valence-electron chi connectivity index (χ1n) is 6.60. The average molecular weight is 247 g/mol. The summed E-state index contributed by atoms with van der Waals surface area (Å²) in [6.07, 6.45) is 2.50. The van der Waals surface area contributed by atoms with Gasteiger partial charge in [0.15, 0.2) is 0 Å². The predicted molar refractivity (Wildman–Crippen MR) is 77.8 cm³/mol. The van der Waals surface area contributed by atoms with Crippen molar-refractivity contribution in [1.82, 2.24) is 5.32 Å². The van der Waals surface area contributed by atoms with Gasteiger partial charge in [0, 0.05) is 6.04 Å². The van der Waals surface area contributed by atoms with Gasteiger partial charge in [0.1, 0.15) is 0 Å². The Morgan fingerprint density at radius 1 is 1.22 bits per heavy atom. The van der Waals surface area contributed by atoms with Crippen molar-refractivity contribution in [2.75, 3.05) is 13.2 Å². The molecule has 1 aromatic rings. The van der Waals surface area contributed by atoms with Crippen LogP contribution < -0.4 is 5.32 Å². The quantitative estimate of drug-likeness (QED) is 0.584. The minimum absolute atomic E-state index is 0.382. The highest BCUT2D eigenvalue weighted by Gasteiger charge is 2.09. The first-order valence-corrected chi connectivity index (χ1v) is 6.60. The van der Waals surface area contributed by atoms with Crippen LogP contribution in [-0.4, -0.2) is 13.2 Å². The Hall–Kier alpha value is -1.28. The minimum Gasteiger partial charge on any atom is -0.502 e. The molecule has 0 amide bonds. The van der Waals surface area contributed by atoms with Gasteiger partial charge in [-0.25, -0.2) is 0 Å². The van der Waals surface area contributed by atoms with E-state index in [1.54, 1.807) is 0 Å². The third-order valence-electron chi connectivity index (χ3n) is 3.36. The lowest BCUT2D eigenvalue weighted by Gasteiger charge is -2.18. The van der Waals surface area contributed by atoms with Crippen LogP contribution in [0.5, 0.6) is 0 Å². The molecule has 0 radical (unpaired) electrons. The number of hydrogen-bond donors (Lipinski definition) is 1. The summed E-state index contributed by atoms with van der Waals surface area (Å²) in [5.74, 6) is 0. The number of hydrogen-bond acceptors (Lipinski definition) is 2. The van der Waals surface area contributed by atoms with Crippen LogP contribution in [-0.2, 0) is 4.74 Å². The second kappa shape index (κ2) is 7.22. The Labute approximate surface area is 111 Å². The van der Waals surface area contributed by atoms with Crippen LogP contribution in [0.2, 0.25) is 0 Å². The molecule has 0 aliphatic carbocycles. The Morgan fingerprint density at radius 2 is 1.89 bits per heavy atom. The van der Waals surface area contributed by atoms with Crippen molar-refractivity contribution in [2.45, 2.75) is 40.2 Å². The summed E-state index contributed by atoms with van der Waals surface area (Å²) in [5, 5.41) is 3.53. The van der Waals surface area contributed by atoms with Crippen LogP contribution in [0, 0.1) is 20.8 Å². The Kier molecular flexibility index (Phi) is 5.93. The summed E-state index contributed by atoms with van der Waals surface area (Å²) >= 11 is 0. The van der Waals surface area contributed by atoms with Gasteiger partial charge >= 0.3 is 0 Å². The molecule has 0 saturated carbocycles. The maximum Gasteiger partial charge on any atom is 0.0885 e. The monoisotopic (exact) mass is 247 g/mol. The summed E-state index contributed by atoms with van der Waals surface area (Å²) in [6, 6.07) is 4.94. The molecule has 0 fully saturated rings. The van der Waals surface area contributed by atoms with Gasteiger partial charge in [-0.2, -0.15) is 0 Å². The van der Waals surface area contributed by atoms with Crippen LogP contribution in [0.3, 0.4) is 0 Å². The van der Waals surface area contributed by atoms with E-state index in [2.05, 4.69) is 51.7 Å². The van der Waals surface area contributed by atoms with Crippen molar-refractivity contribution < 1.29 is 4.74 Å². The average Bonchev–Trinajstić information content (AvgIpc) is 2.33. The highest BCUT2D eigenvalue weighted by Crippen LogP contribution is 2.21. The van der Waals surface area contributed by atoms with Gasteiger partial charge in [0.2, 0.25) is 0 Å². The van der Waals surface area contributed by atoms with Gasteiger partial charge in [-0.15, -0.1) is 0 Å². The Balaban J connectivity index is 2.53. The fourth-order valence-corrected chi connectivity index (χ4v) is 2.12. The Bertz CT molecular complexity index is 398. The zero-order valence-electron chi connectivity index (χ0n) is 12.0. The molecule has 2 nitrogen and oxygen atoms in total. The third kappa shape index (κ3) is 4.19. The smallest absolute Gasteiger partial charge is 0.0885 e. The lowest BCUT2D eigenvalue weighted by Crippen LogP contribution is -2.21. The molecule has 0 bridgehead atoms. The molecular formula is C16H25NO. The van der Waals surface area contributed by atoms with E-state index >= 15 is 0 Å². The normalized spacial score (nSPS) is 12.2. The number of benzene rings is 1. The Morgan fingerprint density at radius 3 is 2.56 bits per heavy atom. The number of ether oxygens (including phenoxy) is 1. The van der Waals surface area contributed by atoms with Gasteiger partial charge in [-0.1, -0.05) is 18.7 Å². The van der Waals surface area contributed by atoms with Gasteiger partial charge in [-0.05, 0) is 62.9 Å². The molecule has 0 heterocycles. The fourth-order valence-electron chi connectivity index (χ4n) is 2.12. The molecule has 1 aromatic carbocycles. The second-order valence-electron chi connectivity index (χ2n) is 4.86. The first kappa shape index (κ1) is 14.8. The highest BCUT2D eigenvalue weighted by atomic mass is 16.5. The second-order valence-corrected chi connectivity index (χ2v) is 4.86. The summed E-state index contributed by atoms with van der Waals surface area (Å²) < 4.78 is 5.10. The molecule has 1 rings (SSSR count). The van der Waals surface area contributed by atoms with Gasteiger partial charge < -0.3 is 10.1 Å². The van der Waals surface area contributed by atoms with E-state index in [4.69, 9.17) is 4.74 Å².